The summed E-state index contributed by atoms with van der Waals surface area (Å²) in [4.78, 5) is 18.4. The molecule has 1 saturated heterocycles. The zero-order chi connectivity index (χ0) is 16.2. The Kier molecular flexibility index (Phi) is 4.91. The van der Waals surface area contributed by atoms with Crippen molar-refractivity contribution >= 4 is 16.8 Å². The number of aromatic nitrogens is 1. The van der Waals surface area contributed by atoms with Gasteiger partial charge in [0, 0.05) is 43.7 Å². The summed E-state index contributed by atoms with van der Waals surface area (Å²) in [7, 11) is 0. The lowest BCUT2D eigenvalue weighted by Crippen LogP contribution is -2.49. The summed E-state index contributed by atoms with van der Waals surface area (Å²) < 4.78 is 0. The van der Waals surface area contributed by atoms with Crippen LogP contribution in [0.5, 0.6) is 0 Å². The number of pyridine rings is 1. The van der Waals surface area contributed by atoms with E-state index in [0.29, 0.717) is 18.4 Å². The van der Waals surface area contributed by atoms with Gasteiger partial charge in [-0.3, -0.25) is 9.78 Å². The lowest BCUT2D eigenvalue weighted by Gasteiger charge is -2.37. The first-order chi connectivity index (χ1) is 11.2. The van der Waals surface area contributed by atoms with Crippen LogP contribution < -0.4 is 5.32 Å². The highest BCUT2D eigenvalue weighted by molar-refractivity contribution is 5.81. The average Bonchev–Trinajstić information content (AvgIpc) is 2.60. The van der Waals surface area contributed by atoms with E-state index in [0.717, 1.165) is 31.6 Å². The number of fused-ring (bicyclic) bond motifs is 1. The maximum Gasteiger partial charge on any atom is 0.222 e. The third-order valence-electron chi connectivity index (χ3n) is 4.83. The number of hydrogen-bond donors (Lipinski definition) is 1. The lowest BCUT2D eigenvalue weighted by atomic mass is 9.93. The van der Waals surface area contributed by atoms with Crippen molar-refractivity contribution in [2.45, 2.75) is 39.3 Å². The van der Waals surface area contributed by atoms with Gasteiger partial charge in [0.1, 0.15) is 0 Å². The van der Waals surface area contributed by atoms with Gasteiger partial charge in [0.05, 0.1) is 5.52 Å². The fourth-order valence-electron chi connectivity index (χ4n) is 3.45. The van der Waals surface area contributed by atoms with Gasteiger partial charge < -0.3 is 10.2 Å². The van der Waals surface area contributed by atoms with Crippen molar-refractivity contribution in [3.8, 4) is 0 Å². The van der Waals surface area contributed by atoms with Gasteiger partial charge in [0.25, 0.3) is 0 Å². The molecule has 1 amide bonds. The molecule has 1 aromatic heterocycles. The van der Waals surface area contributed by atoms with Crippen molar-refractivity contribution in [2.75, 3.05) is 13.1 Å². The second kappa shape index (κ2) is 7.09. The van der Waals surface area contributed by atoms with E-state index < -0.39 is 0 Å². The molecule has 1 aromatic carbocycles. The van der Waals surface area contributed by atoms with Crippen LogP contribution in [-0.4, -0.2) is 34.9 Å². The van der Waals surface area contributed by atoms with Crippen LogP contribution in [0.3, 0.4) is 0 Å². The predicted molar refractivity (Wildman–Crippen MR) is 93.0 cm³/mol. The Balaban J connectivity index is 1.63. The molecule has 4 nitrogen and oxygen atoms in total. The van der Waals surface area contributed by atoms with Gasteiger partial charge in [0.15, 0.2) is 0 Å². The van der Waals surface area contributed by atoms with E-state index in [9.17, 15) is 4.79 Å². The second-order valence-electron chi connectivity index (χ2n) is 6.44. The van der Waals surface area contributed by atoms with Gasteiger partial charge in [0.2, 0.25) is 5.91 Å². The largest absolute Gasteiger partial charge is 0.342 e. The number of piperidine rings is 1. The van der Waals surface area contributed by atoms with E-state index in [-0.39, 0.29) is 5.91 Å². The highest BCUT2D eigenvalue weighted by atomic mass is 16.2. The molecule has 4 heteroatoms. The Hall–Kier alpha value is -1.94. The Morgan fingerprint density at radius 2 is 2.17 bits per heavy atom. The zero-order valence-electron chi connectivity index (χ0n) is 14.0. The van der Waals surface area contributed by atoms with Crippen LogP contribution in [0.2, 0.25) is 0 Å². The smallest absolute Gasteiger partial charge is 0.222 e. The van der Waals surface area contributed by atoms with E-state index >= 15 is 0 Å². The van der Waals surface area contributed by atoms with E-state index in [1.165, 1.54) is 10.9 Å². The van der Waals surface area contributed by atoms with E-state index in [1.54, 1.807) is 0 Å². The highest BCUT2D eigenvalue weighted by Crippen LogP contribution is 2.20. The number of para-hydroxylation sites is 1. The minimum Gasteiger partial charge on any atom is -0.342 e. The van der Waals surface area contributed by atoms with Crippen molar-refractivity contribution in [2.24, 2.45) is 5.92 Å². The molecule has 0 bridgehead atoms. The van der Waals surface area contributed by atoms with E-state index in [1.807, 2.05) is 24.1 Å². The van der Waals surface area contributed by atoms with Gasteiger partial charge in [-0.05, 0) is 24.0 Å². The first-order valence-electron chi connectivity index (χ1n) is 8.52. The number of carbonyl (C=O) groups is 1. The minimum absolute atomic E-state index is 0.272. The maximum atomic E-state index is 11.8. The quantitative estimate of drug-likeness (QED) is 0.944. The van der Waals surface area contributed by atoms with Crippen LogP contribution in [0.15, 0.2) is 36.5 Å². The van der Waals surface area contributed by atoms with Crippen LogP contribution in [0.4, 0.5) is 0 Å². The Labute approximate surface area is 137 Å². The summed E-state index contributed by atoms with van der Waals surface area (Å²) in [6, 6.07) is 10.9. The average molecular weight is 311 g/mol. The fraction of sp³-hybridized carbons (Fsp3) is 0.474. The predicted octanol–water partition coefficient (Wildman–Crippen LogP) is 2.97. The van der Waals surface area contributed by atoms with Gasteiger partial charge >= 0.3 is 0 Å². The van der Waals surface area contributed by atoms with Crippen molar-refractivity contribution in [3.63, 3.8) is 0 Å². The minimum atomic E-state index is 0.272. The Bertz CT molecular complexity index is 680. The van der Waals surface area contributed by atoms with Crippen molar-refractivity contribution in [1.29, 1.82) is 0 Å². The van der Waals surface area contributed by atoms with Crippen LogP contribution in [0.25, 0.3) is 10.9 Å². The molecule has 2 atom stereocenters. The highest BCUT2D eigenvalue weighted by Gasteiger charge is 2.27. The zero-order valence-corrected chi connectivity index (χ0v) is 14.0. The van der Waals surface area contributed by atoms with Gasteiger partial charge in [-0.1, -0.05) is 38.1 Å². The Morgan fingerprint density at radius 1 is 1.35 bits per heavy atom. The fourth-order valence-corrected chi connectivity index (χ4v) is 3.45. The van der Waals surface area contributed by atoms with Crippen LogP contribution >= 0.6 is 0 Å². The molecule has 2 heterocycles. The van der Waals surface area contributed by atoms with Gasteiger partial charge in [-0.2, -0.15) is 0 Å². The molecule has 122 valence electrons. The summed E-state index contributed by atoms with van der Waals surface area (Å²) in [6.45, 7) is 6.71. The molecule has 0 radical (unpaired) electrons. The normalized spacial score (nSPS) is 21.6. The van der Waals surface area contributed by atoms with Crippen LogP contribution in [0, 0.1) is 5.92 Å². The number of amides is 1. The number of likely N-dealkylation sites (tertiary alicyclic amines) is 1. The molecular formula is C19H25N3O. The summed E-state index contributed by atoms with van der Waals surface area (Å²) in [5.41, 5.74) is 2.32. The van der Waals surface area contributed by atoms with Crippen molar-refractivity contribution in [1.82, 2.24) is 15.2 Å². The van der Waals surface area contributed by atoms with Crippen molar-refractivity contribution in [3.05, 3.63) is 42.1 Å². The number of rotatable bonds is 4. The molecule has 1 N–H and O–H groups in total. The monoisotopic (exact) mass is 311 g/mol. The van der Waals surface area contributed by atoms with Crippen LogP contribution in [-0.2, 0) is 11.3 Å². The molecular weight excluding hydrogens is 286 g/mol. The van der Waals surface area contributed by atoms with E-state index in [2.05, 4.69) is 41.5 Å². The summed E-state index contributed by atoms with van der Waals surface area (Å²) >= 11 is 0. The third kappa shape index (κ3) is 3.53. The number of nitrogens with zero attached hydrogens (tertiary/aromatic N) is 2. The molecule has 23 heavy (non-hydrogen) atoms. The number of benzene rings is 1. The summed E-state index contributed by atoms with van der Waals surface area (Å²) in [5.74, 6) is 0.746. The topological polar surface area (TPSA) is 45.2 Å². The standard InChI is InChI=1S/C19H25N3O/c1-3-18(23)22-11-9-17(14(2)13-22)21-12-16-7-4-6-15-8-5-10-20-19(15)16/h4-8,10,14,17,21H,3,9,11-13H2,1-2H3/t14-,17+/m0/s1. The van der Waals surface area contributed by atoms with E-state index in [4.69, 9.17) is 0 Å². The van der Waals surface area contributed by atoms with Crippen molar-refractivity contribution < 1.29 is 4.79 Å². The third-order valence-corrected chi connectivity index (χ3v) is 4.83. The molecule has 0 aliphatic carbocycles. The molecule has 0 unspecified atom stereocenters. The van der Waals surface area contributed by atoms with Gasteiger partial charge in [-0.15, -0.1) is 0 Å². The van der Waals surface area contributed by atoms with Gasteiger partial charge in [-0.25, -0.2) is 0 Å². The number of nitrogens with one attached hydrogen (secondary N) is 1. The molecule has 1 fully saturated rings. The van der Waals surface area contributed by atoms with Crippen LogP contribution in [0.1, 0.15) is 32.3 Å². The molecule has 1 aliphatic rings. The lowest BCUT2D eigenvalue weighted by molar-refractivity contribution is -0.132. The molecule has 2 aromatic rings. The molecule has 0 spiro atoms. The molecule has 0 saturated carbocycles. The number of hydrogen-bond acceptors (Lipinski definition) is 3. The summed E-state index contributed by atoms with van der Waals surface area (Å²) in [5, 5.41) is 4.86. The molecule has 1 aliphatic heterocycles. The summed E-state index contributed by atoms with van der Waals surface area (Å²) in [6.07, 6.45) is 3.47. The first-order valence-corrected chi connectivity index (χ1v) is 8.52. The molecule has 3 rings (SSSR count). The first kappa shape index (κ1) is 15.9. The maximum absolute atomic E-state index is 11.8. The Morgan fingerprint density at radius 3 is 2.96 bits per heavy atom. The SMILES string of the molecule is CCC(=O)N1CC[C@@H](NCc2cccc3cccnc23)[C@@H](C)C1. The number of carbonyl (C=O) groups excluding carboxylic acids is 1. The second-order valence-corrected chi connectivity index (χ2v) is 6.44.